The number of benzene rings is 2. The number of rotatable bonds is 5. The van der Waals surface area contributed by atoms with E-state index < -0.39 is 10.0 Å². The molecule has 0 bridgehead atoms. The largest absolute Gasteiger partial charge is 0.380 e. The van der Waals surface area contributed by atoms with Gasteiger partial charge in [-0.3, -0.25) is 4.98 Å². The van der Waals surface area contributed by atoms with Crippen molar-refractivity contribution in [1.29, 1.82) is 0 Å². The molecule has 0 saturated carbocycles. The molecule has 0 aliphatic carbocycles. The highest BCUT2D eigenvalue weighted by atomic mass is 32.2. The number of aromatic nitrogens is 1. The third-order valence-electron chi connectivity index (χ3n) is 5.42. The number of fused-ring (bicyclic) bond motifs is 1. The summed E-state index contributed by atoms with van der Waals surface area (Å²) in [5.74, 6) is -0.339. The molecule has 1 aliphatic rings. The van der Waals surface area contributed by atoms with Crippen molar-refractivity contribution in [2.24, 2.45) is 0 Å². The van der Waals surface area contributed by atoms with E-state index in [0.717, 1.165) is 11.4 Å². The zero-order valence-electron chi connectivity index (χ0n) is 17.1. The Labute approximate surface area is 176 Å². The van der Waals surface area contributed by atoms with E-state index in [0.29, 0.717) is 54.1 Å². The van der Waals surface area contributed by atoms with Crippen molar-refractivity contribution < 1.29 is 12.8 Å². The van der Waals surface area contributed by atoms with Crippen molar-refractivity contribution in [2.75, 3.05) is 38.5 Å². The van der Waals surface area contributed by atoms with Crippen LogP contribution < -0.4 is 5.32 Å². The van der Waals surface area contributed by atoms with Gasteiger partial charge in [-0.2, -0.15) is 4.31 Å². The first kappa shape index (κ1) is 20.7. The summed E-state index contributed by atoms with van der Waals surface area (Å²) >= 11 is 0. The molecule has 1 saturated heterocycles. The molecule has 1 N–H and O–H groups in total. The quantitative estimate of drug-likeness (QED) is 0.676. The smallest absolute Gasteiger partial charge is 0.243 e. The molecule has 30 heavy (non-hydrogen) atoms. The molecule has 2 aromatic carbocycles. The van der Waals surface area contributed by atoms with Gasteiger partial charge in [0.25, 0.3) is 0 Å². The Kier molecular flexibility index (Phi) is 5.73. The summed E-state index contributed by atoms with van der Waals surface area (Å²) < 4.78 is 41.9. The Morgan fingerprint density at radius 3 is 2.57 bits per heavy atom. The van der Waals surface area contributed by atoms with E-state index in [2.05, 4.69) is 15.2 Å². The molecule has 0 atom stereocenters. The Hall–Kier alpha value is -2.55. The number of hydrogen-bond donors (Lipinski definition) is 1. The lowest BCUT2D eigenvalue weighted by molar-refractivity contribution is 0.222. The number of halogens is 1. The predicted octanol–water partition coefficient (Wildman–Crippen LogP) is 3.23. The van der Waals surface area contributed by atoms with Crippen LogP contribution in [0.2, 0.25) is 0 Å². The second-order valence-electron chi connectivity index (χ2n) is 7.64. The molecule has 6 nitrogen and oxygen atoms in total. The third kappa shape index (κ3) is 4.16. The van der Waals surface area contributed by atoms with Crippen LogP contribution in [0.15, 0.2) is 53.4 Å². The highest BCUT2D eigenvalue weighted by molar-refractivity contribution is 7.89. The van der Waals surface area contributed by atoms with Gasteiger partial charge in [0.05, 0.1) is 10.4 Å². The monoisotopic (exact) mass is 428 g/mol. The molecule has 8 heteroatoms. The first-order valence-corrected chi connectivity index (χ1v) is 11.4. The molecule has 3 aromatic rings. The van der Waals surface area contributed by atoms with E-state index in [1.54, 1.807) is 22.5 Å². The lowest BCUT2D eigenvalue weighted by Gasteiger charge is -2.32. The number of nitrogens with zero attached hydrogens (tertiary/aromatic N) is 3. The van der Waals surface area contributed by atoms with Gasteiger partial charge in [-0.1, -0.05) is 18.2 Å². The summed E-state index contributed by atoms with van der Waals surface area (Å²) in [5.41, 5.74) is 2.89. The summed E-state index contributed by atoms with van der Waals surface area (Å²) in [7, 11) is -1.59. The van der Waals surface area contributed by atoms with Gasteiger partial charge in [0.1, 0.15) is 5.82 Å². The van der Waals surface area contributed by atoms with E-state index in [9.17, 15) is 12.8 Å². The summed E-state index contributed by atoms with van der Waals surface area (Å²) in [5, 5.41) is 3.96. The van der Waals surface area contributed by atoms with Crippen LogP contribution in [-0.4, -0.2) is 55.8 Å². The van der Waals surface area contributed by atoms with Crippen molar-refractivity contribution in [3.8, 4) is 0 Å². The topological polar surface area (TPSA) is 65.5 Å². The highest BCUT2D eigenvalue weighted by Crippen LogP contribution is 2.27. The van der Waals surface area contributed by atoms with Gasteiger partial charge in [0.2, 0.25) is 10.0 Å². The molecule has 1 aliphatic heterocycles. The molecule has 1 fully saturated rings. The SMILES string of the molecule is Cc1cc(NCc2ccccc2S(=O)(=O)N2CCN(C)CC2)c2cc(F)ccc2n1. The van der Waals surface area contributed by atoms with Crippen LogP contribution in [0.1, 0.15) is 11.3 Å². The van der Waals surface area contributed by atoms with E-state index in [-0.39, 0.29) is 5.82 Å². The molecule has 0 radical (unpaired) electrons. The fourth-order valence-electron chi connectivity index (χ4n) is 3.74. The van der Waals surface area contributed by atoms with Crippen LogP contribution in [0.5, 0.6) is 0 Å². The number of aryl methyl sites for hydroxylation is 1. The van der Waals surface area contributed by atoms with Gasteiger partial charge in [-0.25, -0.2) is 12.8 Å². The Bertz CT molecular complexity index is 1170. The van der Waals surface area contributed by atoms with Crippen LogP contribution in [0.25, 0.3) is 10.9 Å². The molecule has 2 heterocycles. The second-order valence-corrected chi connectivity index (χ2v) is 9.55. The zero-order chi connectivity index (χ0) is 21.3. The molecule has 0 unspecified atom stereocenters. The maximum atomic E-state index is 13.8. The van der Waals surface area contributed by atoms with Crippen LogP contribution >= 0.6 is 0 Å². The number of hydrogen-bond acceptors (Lipinski definition) is 5. The minimum atomic E-state index is -3.58. The van der Waals surface area contributed by atoms with E-state index in [4.69, 9.17) is 0 Å². The van der Waals surface area contributed by atoms with Gasteiger partial charge in [0, 0.05) is 49.5 Å². The van der Waals surface area contributed by atoms with E-state index >= 15 is 0 Å². The average molecular weight is 429 g/mol. The molecule has 1 aromatic heterocycles. The van der Waals surface area contributed by atoms with Crippen LogP contribution in [0.3, 0.4) is 0 Å². The fourth-order valence-corrected chi connectivity index (χ4v) is 5.38. The molecule has 0 spiro atoms. The maximum Gasteiger partial charge on any atom is 0.243 e. The first-order valence-electron chi connectivity index (χ1n) is 9.92. The van der Waals surface area contributed by atoms with Crippen molar-refractivity contribution in [1.82, 2.24) is 14.2 Å². The number of anilines is 1. The Morgan fingerprint density at radius 1 is 1.07 bits per heavy atom. The Balaban J connectivity index is 1.63. The fraction of sp³-hybridized carbons (Fsp3) is 0.318. The zero-order valence-corrected chi connectivity index (χ0v) is 17.9. The van der Waals surface area contributed by atoms with Crippen molar-refractivity contribution in [3.05, 3.63) is 65.6 Å². The highest BCUT2D eigenvalue weighted by Gasteiger charge is 2.29. The van der Waals surface area contributed by atoms with Crippen LogP contribution in [-0.2, 0) is 16.6 Å². The van der Waals surface area contributed by atoms with Crippen LogP contribution in [0.4, 0.5) is 10.1 Å². The number of likely N-dealkylation sites (N-methyl/N-ethyl adjacent to an activating group) is 1. The lowest BCUT2D eigenvalue weighted by atomic mass is 10.1. The van der Waals surface area contributed by atoms with E-state index in [1.165, 1.54) is 12.1 Å². The Morgan fingerprint density at radius 2 is 1.80 bits per heavy atom. The minimum absolute atomic E-state index is 0.304. The average Bonchev–Trinajstić information content (AvgIpc) is 2.73. The number of piperazine rings is 1. The number of sulfonamides is 1. The summed E-state index contributed by atoms with van der Waals surface area (Å²) in [4.78, 5) is 6.87. The van der Waals surface area contributed by atoms with Crippen molar-refractivity contribution >= 4 is 26.6 Å². The maximum absolute atomic E-state index is 13.8. The lowest BCUT2D eigenvalue weighted by Crippen LogP contribution is -2.47. The van der Waals surface area contributed by atoms with Crippen molar-refractivity contribution in [2.45, 2.75) is 18.4 Å². The standard InChI is InChI=1S/C22H25FN4O2S/c1-16-13-21(19-14-18(23)7-8-20(19)25-16)24-15-17-5-3-4-6-22(17)30(28,29)27-11-9-26(2)10-12-27/h3-8,13-14H,9-12,15H2,1-2H3,(H,24,25). The van der Waals surface area contributed by atoms with Crippen LogP contribution in [0, 0.1) is 12.7 Å². The molecule has 0 amide bonds. The normalized spacial score (nSPS) is 16.1. The number of nitrogens with one attached hydrogen (secondary N) is 1. The van der Waals surface area contributed by atoms with E-state index in [1.807, 2.05) is 32.2 Å². The molecule has 158 valence electrons. The second kappa shape index (κ2) is 8.29. The summed E-state index contributed by atoms with van der Waals surface area (Å²) in [6, 6.07) is 13.4. The van der Waals surface area contributed by atoms with Gasteiger partial charge >= 0.3 is 0 Å². The summed E-state index contributed by atoms with van der Waals surface area (Å²) in [6.07, 6.45) is 0. The molecular formula is C22H25FN4O2S. The first-order chi connectivity index (χ1) is 14.3. The minimum Gasteiger partial charge on any atom is -0.380 e. The van der Waals surface area contributed by atoms with Crippen molar-refractivity contribution in [3.63, 3.8) is 0 Å². The number of pyridine rings is 1. The van der Waals surface area contributed by atoms with Gasteiger partial charge in [0.15, 0.2) is 0 Å². The van der Waals surface area contributed by atoms with Gasteiger partial charge < -0.3 is 10.2 Å². The van der Waals surface area contributed by atoms with Gasteiger partial charge in [-0.05, 0) is 49.9 Å². The molecule has 4 rings (SSSR count). The third-order valence-corrected chi connectivity index (χ3v) is 7.42. The van der Waals surface area contributed by atoms with Gasteiger partial charge in [-0.15, -0.1) is 0 Å². The predicted molar refractivity (Wildman–Crippen MR) is 116 cm³/mol. The molecular weight excluding hydrogens is 403 g/mol. The summed E-state index contributed by atoms with van der Waals surface area (Å²) in [6.45, 7) is 4.57.